The lowest BCUT2D eigenvalue weighted by molar-refractivity contribution is 0.966. The summed E-state index contributed by atoms with van der Waals surface area (Å²) in [6.07, 6.45) is 1.58. The van der Waals surface area contributed by atoms with Gasteiger partial charge in [-0.3, -0.25) is 0 Å². The summed E-state index contributed by atoms with van der Waals surface area (Å²) in [6.45, 7) is 0. The standard InChI is InChI=1S/C9H8BrN3/c10-8(9-11-6-12-13-9)7-4-2-1-3-5-7/h1-6,8H,(H,11,12,13). The van der Waals surface area contributed by atoms with Gasteiger partial charge in [-0.2, -0.15) is 0 Å². The zero-order valence-electron chi connectivity index (χ0n) is 6.81. The number of rotatable bonds is 2. The van der Waals surface area contributed by atoms with Gasteiger partial charge in [0, 0.05) is 0 Å². The summed E-state index contributed by atoms with van der Waals surface area (Å²) in [5.41, 5.74) is 1.17. The second kappa shape index (κ2) is 3.70. The highest BCUT2D eigenvalue weighted by molar-refractivity contribution is 9.09. The summed E-state index contributed by atoms with van der Waals surface area (Å²) in [6, 6.07) is 10.1. The Kier molecular flexibility index (Phi) is 2.40. The van der Waals surface area contributed by atoms with Crippen LogP contribution in [0.15, 0.2) is 36.7 Å². The Morgan fingerprint density at radius 1 is 1.23 bits per heavy atom. The maximum absolute atomic E-state index is 3.94. The molecule has 0 aliphatic heterocycles. The first kappa shape index (κ1) is 8.44. The number of halogens is 1. The van der Waals surface area contributed by atoms with Gasteiger partial charge >= 0.3 is 0 Å². The number of H-pyrrole nitrogens is 1. The zero-order valence-corrected chi connectivity index (χ0v) is 8.40. The third-order valence-electron chi connectivity index (χ3n) is 1.77. The molecular formula is C9H8BrN3. The predicted octanol–water partition coefficient (Wildman–Crippen LogP) is 2.29. The number of aromatic nitrogens is 3. The van der Waals surface area contributed by atoms with E-state index in [4.69, 9.17) is 0 Å². The lowest BCUT2D eigenvalue weighted by Crippen LogP contribution is -1.94. The number of nitrogens with zero attached hydrogens (tertiary/aromatic N) is 2. The van der Waals surface area contributed by atoms with Crippen molar-refractivity contribution in [3.63, 3.8) is 0 Å². The van der Waals surface area contributed by atoms with Crippen LogP contribution >= 0.6 is 15.9 Å². The predicted molar refractivity (Wildman–Crippen MR) is 53.6 cm³/mol. The minimum absolute atomic E-state index is 0.0937. The molecule has 1 heterocycles. The topological polar surface area (TPSA) is 41.6 Å². The van der Waals surface area contributed by atoms with Crippen molar-refractivity contribution < 1.29 is 0 Å². The minimum atomic E-state index is 0.0937. The largest absolute Gasteiger partial charge is 0.330 e. The molecule has 2 aromatic rings. The molecule has 1 unspecified atom stereocenters. The second-order valence-corrected chi connectivity index (χ2v) is 3.56. The van der Waals surface area contributed by atoms with Crippen LogP contribution in [0.4, 0.5) is 0 Å². The van der Waals surface area contributed by atoms with E-state index in [9.17, 15) is 0 Å². The molecule has 1 aromatic carbocycles. The zero-order chi connectivity index (χ0) is 9.10. The van der Waals surface area contributed by atoms with Crippen LogP contribution in [0.1, 0.15) is 16.2 Å². The lowest BCUT2D eigenvalue weighted by atomic mass is 10.1. The van der Waals surface area contributed by atoms with E-state index < -0.39 is 0 Å². The Morgan fingerprint density at radius 2 is 2.00 bits per heavy atom. The number of hydrogen-bond acceptors (Lipinski definition) is 2. The number of benzene rings is 1. The molecular weight excluding hydrogens is 230 g/mol. The smallest absolute Gasteiger partial charge is 0.148 e. The van der Waals surface area contributed by atoms with Crippen molar-refractivity contribution in [1.29, 1.82) is 0 Å². The molecule has 0 bridgehead atoms. The minimum Gasteiger partial charge on any atom is -0.330 e. The van der Waals surface area contributed by atoms with E-state index in [1.54, 1.807) is 6.33 Å². The average Bonchev–Trinajstić information content (AvgIpc) is 2.71. The van der Waals surface area contributed by atoms with Crippen LogP contribution in [0, 0.1) is 0 Å². The van der Waals surface area contributed by atoms with Gasteiger partial charge in [0.2, 0.25) is 0 Å². The quantitative estimate of drug-likeness (QED) is 0.815. The van der Waals surface area contributed by atoms with Gasteiger partial charge in [-0.15, -0.1) is 10.2 Å². The van der Waals surface area contributed by atoms with E-state index in [0.29, 0.717) is 0 Å². The molecule has 13 heavy (non-hydrogen) atoms. The highest BCUT2D eigenvalue weighted by atomic mass is 79.9. The van der Waals surface area contributed by atoms with Gasteiger partial charge in [0.1, 0.15) is 12.2 Å². The fourth-order valence-electron chi connectivity index (χ4n) is 1.12. The third-order valence-corrected chi connectivity index (χ3v) is 2.73. The summed E-state index contributed by atoms with van der Waals surface area (Å²) in [4.78, 5) is 3.06. The molecule has 0 saturated carbocycles. The molecule has 2 rings (SSSR count). The van der Waals surface area contributed by atoms with Crippen LogP contribution in [-0.2, 0) is 0 Å². The van der Waals surface area contributed by atoms with E-state index >= 15 is 0 Å². The van der Waals surface area contributed by atoms with E-state index in [1.807, 2.05) is 30.3 Å². The van der Waals surface area contributed by atoms with Gasteiger partial charge in [-0.1, -0.05) is 46.3 Å². The Labute approximate surface area is 84.3 Å². The van der Waals surface area contributed by atoms with Crippen molar-refractivity contribution in [3.05, 3.63) is 48.0 Å². The van der Waals surface area contributed by atoms with Crippen LogP contribution in [0.3, 0.4) is 0 Å². The van der Waals surface area contributed by atoms with E-state index in [1.165, 1.54) is 5.56 Å². The molecule has 1 N–H and O–H groups in total. The van der Waals surface area contributed by atoms with Gasteiger partial charge < -0.3 is 4.98 Å². The van der Waals surface area contributed by atoms with Crippen molar-refractivity contribution in [3.8, 4) is 0 Å². The Balaban J connectivity index is 2.29. The molecule has 0 aliphatic carbocycles. The summed E-state index contributed by atoms with van der Waals surface area (Å²) in [5, 5.41) is 7.67. The number of alkyl halides is 1. The summed E-state index contributed by atoms with van der Waals surface area (Å²) < 4.78 is 0. The Hall–Kier alpha value is -1.16. The fourth-order valence-corrected chi connectivity index (χ4v) is 1.65. The van der Waals surface area contributed by atoms with Gasteiger partial charge in [-0.05, 0) is 5.56 Å². The maximum Gasteiger partial charge on any atom is 0.148 e. The molecule has 0 aliphatic rings. The first-order valence-electron chi connectivity index (χ1n) is 3.93. The molecule has 0 amide bonds. The summed E-state index contributed by atoms with van der Waals surface area (Å²) in [7, 11) is 0. The molecule has 66 valence electrons. The molecule has 0 saturated heterocycles. The normalized spacial score (nSPS) is 12.7. The monoisotopic (exact) mass is 237 g/mol. The summed E-state index contributed by atoms with van der Waals surface area (Å²) in [5.74, 6) is 0.825. The Morgan fingerprint density at radius 3 is 2.62 bits per heavy atom. The number of aromatic amines is 1. The Bertz CT molecular complexity index is 358. The molecule has 0 radical (unpaired) electrons. The average molecular weight is 238 g/mol. The third kappa shape index (κ3) is 1.78. The van der Waals surface area contributed by atoms with Crippen LogP contribution in [0.5, 0.6) is 0 Å². The highest BCUT2D eigenvalue weighted by Crippen LogP contribution is 2.26. The van der Waals surface area contributed by atoms with Crippen molar-refractivity contribution in [2.75, 3.05) is 0 Å². The van der Waals surface area contributed by atoms with E-state index in [2.05, 4.69) is 31.1 Å². The van der Waals surface area contributed by atoms with Crippen molar-refractivity contribution >= 4 is 15.9 Å². The van der Waals surface area contributed by atoms with Gasteiger partial charge in [-0.25, -0.2) is 0 Å². The maximum atomic E-state index is 3.94. The fraction of sp³-hybridized carbons (Fsp3) is 0.111. The van der Waals surface area contributed by atoms with Gasteiger partial charge in [0.15, 0.2) is 0 Å². The van der Waals surface area contributed by atoms with E-state index in [-0.39, 0.29) is 4.83 Å². The van der Waals surface area contributed by atoms with Crippen molar-refractivity contribution in [1.82, 2.24) is 15.2 Å². The van der Waals surface area contributed by atoms with Crippen molar-refractivity contribution in [2.24, 2.45) is 0 Å². The number of nitrogens with one attached hydrogen (secondary N) is 1. The molecule has 4 heteroatoms. The molecule has 3 nitrogen and oxygen atoms in total. The summed E-state index contributed by atoms with van der Waals surface area (Å²) >= 11 is 3.54. The first-order chi connectivity index (χ1) is 6.38. The van der Waals surface area contributed by atoms with Crippen LogP contribution in [0.25, 0.3) is 0 Å². The van der Waals surface area contributed by atoms with Gasteiger partial charge in [0.25, 0.3) is 0 Å². The first-order valence-corrected chi connectivity index (χ1v) is 4.84. The van der Waals surface area contributed by atoms with E-state index in [0.717, 1.165) is 5.82 Å². The van der Waals surface area contributed by atoms with Crippen LogP contribution < -0.4 is 0 Å². The second-order valence-electron chi connectivity index (χ2n) is 2.65. The van der Waals surface area contributed by atoms with Crippen LogP contribution in [0.2, 0.25) is 0 Å². The lowest BCUT2D eigenvalue weighted by Gasteiger charge is -2.04. The molecule has 0 spiro atoms. The van der Waals surface area contributed by atoms with Gasteiger partial charge in [0.05, 0.1) is 4.83 Å². The molecule has 1 atom stereocenters. The molecule has 0 fully saturated rings. The van der Waals surface area contributed by atoms with Crippen LogP contribution in [-0.4, -0.2) is 15.2 Å². The van der Waals surface area contributed by atoms with Crippen molar-refractivity contribution in [2.45, 2.75) is 4.83 Å². The SMILES string of the molecule is BrC(c1ccccc1)c1nnc[nH]1. The highest BCUT2D eigenvalue weighted by Gasteiger charge is 2.11. The molecule has 1 aromatic heterocycles. The number of hydrogen-bond donors (Lipinski definition) is 1.